The second kappa shape index (κ2) is 14.9. The summed E-state index contributed by atoms with van der Waals surface area (Å²) < 4.78 is 41.6. The van der Waals surface area contributed by atoms with E-state index >= 15 is 0 Å². The van der Waals surface area contributed by atoms with Gasteiger partial charge in [0, 0.05) is 26.6 Å². The van der Waals surface area contributed by atoms with Crippen molar-refractivity contribution < 1.29 is 79.1 Å². The summed E-state index contributed by atoms with van der Waals surface area (Å²) in [6.45, 7) is 0.914. The SMILES string of the molecule is COC1CC(C2OC3CC(O)CC(O[C@@H]4O[C@H](CO)[C@@H](O)[C@H](O)[C@H]4O)C3CC2O[C@@H]2O[C@H](C)[C@@H](O)[C@H](O)[C@@H]2O)CC(OC)C1O. The maximum absolute atomic E-state index is 10.8. The standard InChI is InChI=1S/C29H50O16/c1-10-20(32)23(35)25(37)28(41-10)44-18-8-13-14(42-27(18)11-4-16(39-2)21(33)17(5-11)40-3)6-12(31)7-15(13)43-29-26(38)24(36)22(34)19(9-30)45-29/h10-38H,4-9H2,1-3H3/t10-,11?,12?,13?,14?,15?,16?,17?,18?,19-,20-,21?,22-,23+,24+,25+,26-,27?,28+,29-/m1/s1. The summed E-state index contributed by atoms with van der Waals surface area (Å²) in [5.41, 5.74) is 0. The normalized spacial score (nSPS) is 54.4. The van der Waals surface area contributed by atoms with Gasteiger partial charge < -0.3 is 79.1 Å². The first-order valence-electron chi connectivity index (χ1n) is 15.8. The molecule has 5 rings (SSSR count). The predicted octanol–water partition coefficient (Wildman–Crippen LogP) is -3.89. The summed E-state index contributed by atoms with van der Waals surface area (Å²) in [6, 6.07) is 0. The molecule has 0 radical (unpaired) electrons. The molecule has 9 N–H and O–H groups in total. The highest BCUT2D eigenvalue weighted by Gasteiger charge is 2.54. The summed E-state index contributed by atoms with van der Waals surface area (Å²) in [7, 11) is 2.99. The first-order chi connectivity index (χ1) is 21.4. The van der Waals surface area contributed by atoms with Crippen molar-refractivity contribution in [2.75, 3.05) is 20.8 Å². The van der Waals surface area contributed by atoms with Gasteiger partial charge in [0.25, 0.3) is 0 Å². The molecule has 0 aromatic heterocycles. The number of hydrogen-bond acceptors (Lipinski definition) is 16. The second-order valence-electron chi connectivity index (χ2n) is 13.2. The van der Waals surface area contributed by atoms with Crippen LogP contribution in [0.25, 0.3) is 0 Å². The van der Waals surface area contributed by atoms with Crippen molar-refractivity contribution in [3.8, 4) is 0 Å². The number of aliphatic hydroxyl groups excluding tert-OH is 9. The molecule has 16 heteroatoms. The average Bonchev–Trinajstić information content (AvgIpc) is 3.02. The molecule has 0 spiro atoms. The van der Waals surface area contributed by atoms with E-state index in [0.29, 0.717) is 12.8 Å². The minimum atomic E-state index is -1.65. The van der Waals surface area contributed by atoms with Gasteiger partial charge in [-0.3, -0.25) is 0 Å². The lowest BCUT2D eigenvalue weighted by Gasteiger charge is -2.53. The Balaban J connectivity index is 1.40. The van der Waals surface area contributed by atoms with Crippen LogP contribution in [-0.2, 0) is 33.2 Å². The van der Waals surface area contributed by atoms with Crippen LogP contribution in [0.2, 0.25) is 0 Å². The molecule has 0 amide bonds. The lowest BCUT2D eigenvalue weighted by atomic mass is 9.72. The minimum Gasteiger partial charge on any atom is -0.394 e. The lowest BCUT2D eigenvalue weighted by Crippen LogP contribution is -2.63. The number of aliphatic hydroxyl groups is 9. The van der Waals surface area contributed by atoms with Crippen LogP contribution in [0, 0.1) is 11.8 Å². The molecule has 3 aliphatic heterocycles. The largest absolute Gasteiger partial charge is 0.394 e. The summed E-state index contributed by atoms with van der Waals surface area (Å²) in [5.74, 6) is -0.729. The molecule has 8 unspecified atom stereocenters. The third kappa shape index (κ3) is 7.22. The number of methoxy groups -OCH3 is 2. The highest BCUT2D eigenvalue weighted by molar-refractivity contribution is 5.01. The van der Waals surface area contributed by atoms with Crippen LogP contribution in [0.15, 0.2) is 0 Å². The van der Waals surface area contributed by atoms with Crippen molar-refractivity contribution in [2.24, 2.45) is 11.8 Å². The van der Waals surface area contributed by atoms with Crippen LogP contribution in [0.4, 0.5) is 0 Å². The summed E-state index contributed by atoms with van der Waals surface area (Å²) in [4.78, 5) is 0. The predicted molar refractivity (Wildman–Crippen MR) is 148 cm³/mol. The fourth-order valence-corrected chi connectivity index (χ4v) is 7.68. The van der Waals surface area contributed by atoms with Gasteiger partial charge >= 0.3 is 0 Å². The zero-order chi connectivity index (χ0) is 32.7. The van der Waals surface area contributed by atoms with Gasteiger partial charge in [-0.2, -0.15) is 0 Å². The number of hydrogen-bond donors (Lipinski definition) is 9. The van der Waals surface area contributed by atoms with E-state index in [1.54, 1.807) is 6.92 Å². The molecule has 5 fully saturated rings. The molecule has 0 bridgehead atoms. The van der Waals surface area contributed by atoms with Gasteiger partial charge in [0.15, 0.2) is 12.6 Å². The van der Waals surface area contributed by atoms with Crippen molar-refractivity contribution in [3.05, 3.63) is 0 Å². The Morgan fingerprint density at radius 3 is 1.76 bits per heavy atom. The second-order valence-corrected chi connectivity index (χ2v) is 13.2. The molecule has 262 valence electrons. The van der Waals surface area contributed by atoms with Crippen LogP contribution in [-0.4, -0.2) is 177 Å². The third-order valence-corrected chi connectivity index (χ3v) is 10.3. The van der Waals surface area contributed by atoms with Crippen molar-refractivity contribution in [3.63, 3.8) is 0 Å². The fraction of sp³-hybridized carbons (Fsp3) is 1.00. The van der Waals surface area contributed by atoms with Crippen LogP contribution < -0.4 is 0 Å². The Morgan fingerprint density at radius 2 is 1.16 bits per heavy atom. The van der Waals surface area contributed by atoms with E-state index in [9.17, 15) is 46.0 Å². The van der Waals surface area contributed by atoms with Crippen molar-refractivity contribution in [1.29, 1.82) is 0 Å². The fourth-order valence-electron chi connectivity index (χ4n) is 7.68. The van der Waals surface area contributed by atoms with Crippen LogP contribution in [0.3, 0.4) is 0 Å². The average molecular weight is 655 g/mol. The van der Waals surface area contributed by atoms with Crippen LogP contribution >= 0.6 is 0 Å². The number of fused-ring (bicyclic) bond motifs is 1. The van der Waals surface area contributed by atoms with E-state index in [4.69, 9.17) is 33.2 Å². The molecule has 2 saturated carbocycles. The van der Waals surface area contributed by atoms with E-state index in [-0.39, 0.29) is 25.2 Å². The molecule has 16 nitrogen and oxygen atoms in total. The van der Waals surface area contributed by atoms with Gasteiger partial charge in [0.05, 0.1) is 55.4 Å². The highest BCUT2D eigenvalue weighted by Crippen LogP contribution is 2.45. The Morgan fingerprint density at radius 1 is 0.578 bits per heavy atom. The van der Waals surface area contributed by atoms with Crippen molar-refractivity contribution in [2.45, 2.75) is 149 Å². The maximum atomic E-state index is 10.8. The van der Waals surface area contributed by atoms with Crippen LogP contribution in [0.1, 0.15) is 39.0 Å². The molecule has 45 heavy (non-hydrogen) atoms. The van der Waals surface area contributed by atoms with Gasteiger partial charge in [0.2, 0.25) is 0 Å². The first kappa shape index (κ1) is 35.7. The van der Waals surface area contributed by atoms with Crippen LogP contribution in [0.5, 0.6) is 0 Å². The molecular weight excluding hydrogens is 604 g/mol. The third-order valence-electron chi connectivity index (χ3n) is 10.3. The zero-order valence-electron chi connectivity index (χ0n) is 25.7. The maximum Gasteiger partial charge on any atom is 0.186 e. The van der Waals surface area contributed by atoms with Gasteiger partial charge in [-0.25, -0.2) is 0 Å². The Bertz CT molecular complexity index is 930. The molecule has 3 saturated heterocycles. The Hall–Kier alpha value is -0.640. The molecule has 5 aliphatic rings. The molecule has 0 aromatic rings. The van der Waals surface area contributed by atoms with Crippen molar-refractivity contribution >= 4 is 0 Å². The molecule has 2 aliphatic carbocycles. The van der Waals surface area contributed by atoms with Gasteiger partial charge in [-0.05, 0) is 38.5 Å². The monoisotopic (exact) mass is 654 g/mol. The van der Waals surface area contributed by atoms with E-state index in [1.807, 2.05) is 0 Å². The minimum absolute atomic E-state index is 0.120. The van der Waals surface area contributed by atoms with E-state index in [0.717, 1.165) is 0 Å². The molecule has 0 aromatic carbocycles. The first-order valence-corrected chi connectivity index (χ1v) is 15.8. The Kier molecular flexibility index (Phi) is 11.8. The number of ether oxygens (including phenoxy) is 7. The lowest BCUT2D eigenvalue weighted by molar-refractivity contribution is -0.342. The van der Waals surface area contributed by atoms with E-state index in [2.05, 4.69) is 0 Å². The Labute approximate surface area is 261 Å². The zero-order valence-corrected chi connectivity index (χ0v) is 25.7. The summed E-state index contributed by atoms with van der Waals surface area (Å²) in [5, 5.41) is 93.7. The van der Waals surface area contributed by atoms with E-state index < -0.39 is 123 Å². The number of rotatable bonds is 8. The van der Waals surface area contributed by atoms with Gasteiger partial charge in [0.1, 0.15) is 48.8 Å². The summed E-state index contributed by atoms with van der Waals surface area (Å²) in [6.07, 6.45) is -18.3. The smallest absolute Gasteiger partial charge is 0.186 e. The van der Waals surface area contributed by atoms with Gasteiger partial charge in [-0.1, -0.05) is 0 Å². The summed E-state index contributed by atoms with van der Waals surface area (Å²) >= 11 is 0. The topological polar surface area (TPSA) is 247 Å². The highest BCUT2D eigenvalue weighted by atomic mass is 16.7. The molecule has 3 heterocycles. The van der Waals surface area contributed by atoms with Gasteiger partial charge in [-0.15, -0.1) is 0 Å². The van der Waals surface area contributed by atoms with Crippen molar-refractivity contribution in [1.82, 2.24) is 0 Å². The quantitative estimate of drug-likeness (QED) is 0.121. The van der Waals surface area contributed by atoms with E-state index in [1.165, 1.54) is 14.2 Å². The molecule has 18 atom stereocenters. The molecular formula is C29H50O16.